The van der Waals surface area contributed by atoms with Gasteiger partial charge >= 0.3 is 0 Å². The fraction of sp³-hybridized carbons (Fsp3) is 0.222. The lowest BCUT2D eigenvalue weighted by Crippen LogP contribution is -2.17. The van der Waals surface area contributed by atoms with E-state index in [9.17, 15) is 0 Å². The van der Waals surface area contributed by atoms with Gasteiger partial charge in [0.25, 0.3) is 0 Å². The van der Waals surface area contributed by atoms with Gasteiger partial charge in [0.2, 0.25) is 5.28 Å². The average molecular weight is 225 g/mol. The molecule has 0 spiro atoms. The first kappa shape index (κ1) is 9.92. The Bertz CT molecular complexity index is 431. The number of nitrogens with zero attached hydrogens (tertiary/aromatic N) is 4. The molecule has 2 aromatic rings. The van der Waals surface area contributed by atoms with Gasteiger partial charge < -0.3 is 9.32 Å². The lowest BCUT2D eigenvalue weighted by molar-refractivity contribution is 0.563. The molecule has 0 aliphatic carbocycles. The Morgan fingerprint density at radius 3 is 3.07 bits per heavy atom. The molecule has 0 aliphatic rings. The molecule has 0 fully saturated rings. The highest BCUT2D eigenvalue weighted by molar-refractivity contribution is 6.28. The molecule has 0 aromatic carbocycles. The van der Waals surface area contributed by atoms with E-state index in [1.165, 1.54) is 0 Å². The first-order chi connectivity index (χ1) is 7.25. The monoisotopic (exact) mass is 224 g/mol. The number of furan rings is 1. The fourth-order valence-electron chi connectivity index (χ4n) is 1.20. The maximum absolute atomic E-state index is 5.64. The minimum absolute atomic E-state index is 0.145. The summed E-state index contributed by atoms with van der Waals surface area (Å²) in [5, 5.41) is 7.45. The van der Waals surface area contributed by atoms with E-state index < -0.39 is 0 Å². The molecule has 0 amide bonds. The minimum Gasteiger partial charge on any atom is -0.472 e. The Morgan fingerprint density at radius 1 is 1.53 bits per heavy atom. The highest BCUT2D eigenvalue weighted by atomic mass is 35.5. The van der Waals surface area contributed by atoms with Crippen LogP contribution in [-0.4, -0.2) is 22.2 Å². The van der Waals surface area contributed by atoms with Crippen molar-refractivity contribution in [2.45, 2.75) is 6.54 Å². The standard InChI is InChI=1S/C9H9ClN4O/c1-14(5-7-2-3-15-6-7)8-4-11-13-9(10)12-8/h2-4,6H,5H2,1H3. The first-order valence-electron chi connectivity index (χ1n) is 4.33. The van der Waals surface area contributed by atoms with Gasteiger partial charge in [0.05, 0.1) is 18.7 Å². The van der Waals surface area contributed by atoms with Crippen LogP contribution in [0, 0.1) is 0 Å². The van der Waals surface area contributed by atoms with Crippen molar-refractivity contribution in [3.63, 3.8) is 0 Å². The van der Waals surface area contributed by atoms with Gasteiger partial charge in [0.15, 0.2) is 5.82 Å². The van der Waals surface area contributed by atoms with Gasteiger partial charge in [-0.2, -0.15) is 10.1 Å². The van der Waals surface area contributed by atoms with Crippen LogP contribution in [0.1, 0.15) is 5.56 Å². The number of hydrogen-bond donors (Lipinski definition) is 0. The van der Waals surface area contributed by atoms with Crippen molar-refractivity contribution in [3.05, 3.63) is 35.6 Å². The summed E-state index contributed by atoms with van der Waals surface area (Å²) in [6.45, 7) is 0.686. The third-order valence-corrected chi connectivity index (χ3v) is 2.07. The normalized spacial score (nSPS) is 10.3. The number of hydrogen-bond acceptors (Lipinski definition) is 5. The number of halogens is 1. The summed E-state index contributed by atoms with van der Waals surface area (Å²) >= 11 is 5.64. The van der Waals surface area contributed by atoms with Gasteiger partial charge in [-0.3, -0.25) is 0 Å². The van der Waals surface area contributed by atoms with Gasteiger partial charge in [0.1, 0.15) is 0 Å². The second kappa shape index (κ2) is 4.27. The van der Waals surface area contributed by atoms with Crippen molar-refractivity contribution < 1.29 is 4.42 Å². The summed E-state index contributed by atoms with van der Waals surface area (Å²) < 4.78 is 4.97. The van der Waals surface area contributed by atoms with E-state index in [-0.39, 0.29) is 5.28 Å². The molecular formula is C9H9ClN4O. The zero-order valence-electron chi connectivity index (χ0n) is 8.09. The Labute approximate surface area is 91.7 Å². The molecule has 0 unspecified atom stereocenters. The quantitative estimate of drug-likeness (QED) is 0.795. The van der Waals surface area contributed by atoms with Crippen LogP contribution < -0.4 is 4.90 Å². The van der Waals surface area contributed by atoms with E-state index >= 15 is 0 Å². The average Bonchev–Trinajstić information content (AvgIpc) is 2.70. The number of anilines is 1. The Balaban J connectivity index is 2.11. The molecule has 15 heavy (non-hydrogen) atoms. The molecule has 0 N–H and O–H groups in total. The van der Waals surface area contributed by atoms with Crippen molar-refractivity contribution in [1.82, 2.24) is 15.2 Å². The van der Waals surface area contributed by atoms with Crippen LogP contribution in [0.15, 0.2) is 29.2 Å². The van der Waals surface area contributed by atoms with Crippen LogP contribution in [0.4, 0.5) is 5.82 Å². The lowest BCUT2D eigenvalue weighted by Gasteiger charge is -2.15. The maximum Gasteiger partial charge on any atom is 0.244 e. The third-order valence-electron chi connectivity index (χ3n) is 1.91. The zero-order valence-corrected chi connectivity index (χ0v) is 8.85. The predicted molar refractivity (Wildman–Crippen MR) is 55.7 cm³/mol. The van der Waals surface area contributed by atoms with Crippen LogP contribution in [0.3, 0.4) is 0 Å². The predicted octanol–water partition coefficient (Wildman–Crippen LogP) is 1.75. The van der Waals surface area contributed by atoms with E-state index in [4.69, 9.17) is 16.0 Å². The Hall–Kier alpha value is -1.62. The topological polar surface area (TPSA) is 55.1 Å². The van der Waals surface area contributed by atoms with Gasteiger partial charge in [-0.25, -0.2) is 0 Å². The maximum atomic E-state index is 5.64. The third kappa shape index (κ3) is 2.44. The number of aromatic nitrogens is 3. The van der Waals surface area contributed by atoms with Gasteiger partial charge in [-0.15, -0.1) is 5.10 Å². The van der Waals surface area contributed by atoms with Crippen molar-refractivity contribution in [3.8, 4) is 0 Å². The van der Waals surface area contributed by atoms with E-state index in [1.807, 2.05) is 18.0 Å². The molecule has 5 nitrogen and oxygen atoms in total. The minimum atomic E-state index is 0.145. The van der Waals surface area contributed by atoms with Gasteiger partial charge in [-0.05, 0) is 17.7 Å². The Kier molecular flexibility index (Phi) is 2.82. The van der Waals surface area contributed by atoms with Crippen LogP contribution >= 0.6 is 11.6 Å². The SMILES string of the molecule is CN(Cc1ccoc1)c1cnnc(Cl)n1. The second-order valence-electron chi connectivity index (χ2n) is 3.07. The molecule has 0 saturated carbocycles. The highest BCUT2D eigenvalue weighted by Gasteiger charge is 2.05. The van der Waals surface area contributed by atoms with E-state index in [1.54, 1.807) is 18.7 Å². The summed E-state index contributed by atoms with van der Waals surface area (Å²) in [6, 6.07) is 1.90. The molecule has 0 bridgehead atoms. The van der Waals surface area contributed by atoms with Gasteiger partial charge in [-0.1, -0.05) is 0 Å². The van der Waals surface area contributed by atoms with E-state index in [0.717, 1.165) is 5.56 Å². The summed E-state index contributed by atoms with van der Waals surface area (Å²) in [5.41, 5.74) is 1.06. The zero-order chi connectivity index (χ0) is 10.7. The fourth-order valence-corrected chi connectivity index (χ4v) is 1.33. The molecule has 2 heterocycles. The smallest absolute Gasteiger partial charge is 0.244 e. The molecule has 0 saturated heterocycles. The number of rotatable bonds is 3. The van der Waals surface area contributed by atoms with Crippen molar-refractivity contribution in [2.24, 2.45) is 0 Å². The molecule has 6 heteroatoms. The summed E-state index contributed by atoms with van der Waals surface area (Å²) in [6.07, 6.45) is 4.88. The summed E-state index contributed by atoms with van der Waals surface area (Å²) in [5.74, 6) is 0.677. The first-order valence-corrected chi connectivity index (χ1v) is 4.71. The molecule has 0 aliphatic heterocycles. The summed E-state index contributed by atoms with van der Waals surface area (Å²) in [4.78, 5) is 5.95. The van der Waals surface area contributed by atoms with Gasteiger partial charge in [0, 0.05) is 19.2 Å². The highest BCUT2D eigenvalue weighted by Crippen LogP contribution is 2.12. The molecule has 0 radical (unpaired) electrons. The largest absolute Gasteiger partial charge is 0.472 e. The Morgan fingerprint density at radius 2 is 2.40 bits per heavy atom. The molecule has 78 valence electrons. The molecular weight excluding hydrogens is 216 g/mol. The second-order valence-corrected chi connectivity index (χ2v) is 3.41. The van der Waals surface area contributed by atoms with Crippen molar-refractivity contribution >= 4 is 17.4 Å². The van der Waals surface area contributed by atoms with Crippen LogP contribution in [0.2, 0.25) is 5.28 Å². The van der Waals surface area contributed by atoms with Crippen molar-refractivity contribution in [2.75, 3.05) is 11.9 Å². The lowest BCUT2D eigenvalue weighted by atomic mass is 10.3. The van der Waals surface area contributed by atoms with Crippen LogP contribution in [0.25, 0.3) is 0 Å². The molecule has 2 rings (SSSR count). The van der Waals surface area contributed by atoms with Crippen molar-refractivity contribution in [1.29, 1.82) is 0 Å². The molecule has 2 aromatic heterocycles. The van der Waals surface area contributed by atoms with E-state index in [0.29, 0.717) is 12.4 Å². The van der Waals surface area contributed by atoms with Crippen LogP contribution in [-0.2, 0) is 6.54 Å². The van der Waals surface area contributed by atoms with E-state index in [2.05, 4.69) is 15.2 Å². The molecule has 0 atom stereocenters. The van der Waals surface area contributed by atoms with Crippen LogP contribution in [0.5, 0.6) is 0 Å². The summed E-state index contributed by atoms with van der Waals surface area (Å²) in [7, 11) is 1.90.